The summed E-state index contributed by atoms with van der Waals surface area (Å²) in [6.07, 6.45) is 8.19. The quantitative estimate of drug-likeness (QED) is 0.192. The van der Waals surface area contributed by atoms with Crippen LogP contribution >= 0.6 is 0 Å². The molecule has 9 heteroatoms. The van der Waals surface area contributed by atoms with Crippen LogP contribution in [0.2, 0.25) is 0 Å². The number of aliphatic hydroxyl groups is 1. The Balaban J connectivity index is 0.000000456. The Morgan fingerprint density at radius 3 is 2.29 bits per heavy atom. The van der Waals surface area contributed by atoms with Crippen LogP contribution in [-0.4, -0.2) is 55.1 Å². The van der Waals surface area contributed by atoms with Crippen molar-refractivity contribution in [3.05, 3.63) is 41.7 Å². The van der Waals surface area contributed by atoms with E-state index in [1.54, 1.807) is 0 Å². The minimum atomic E-state index is -0.622. The van der Waals surface area contributed by atoms with Gasteiger partial charge in [-0.25, -0.2) is 0 Å². The van der Waals surface area contributed by atoms with Gasteiger partial charge in [0.15, 0.2) is 0 Å². The number of nitrogens with two attached hydrogens (primary N) is 2. The molecule has 1 aliphatic heterocycles. The third-order valence-electron chi connectivity index (χ3n) is 6.60. The molecular weight excluding hydrogens is 444 g/mol. The highest BCUT2D eigenvalue weighted by Crippen LogP contribution is 2.26. The van der Waals surface area contributed by atoms with Crippen LogP contribution in [0.1, 0.15) is 64.9 Å². The average Bonchev–Trinajstić information content (AvgIpc) is 3.25. The molecule has 0 bridgehead atoms. The summed E-state index contributed by atoms with van der Waals surface area (Å²) in [4.78, 5) is 24.9. The number of aldehydes is 1. The van der Waals surface area contributed by atoms with Crippen LogP contribution in [0.4, 0.5) is 5.69 Å². The summed E-state index contributed by atoms with van der Waals surface area (Å²) >= 11 is 0. The fraction of sp³-hybridized carbons (Fsp3) is 0.615. The second kappa shape index (κ2) is 13.5. The number of amides is 1. The van der Waals surface area contributed by atoms with E-state index in [0.29, 0.717) is 18.7 Å². The Morgan fingerprint density at radius 2 is 1.83 bits per heavy atom. The van der Waals surface area contributed by atoms with Crippen LogP contribution in [0.5, 0.6) is 0 Å². The number of β-amino-alcohol motifs (C(OH)–C–C–N with tert-alkyl or cyclic N) is 1. The Labute approximate surface area is 209 Å². The Kier molecular flexibility index (Phi) is 11.0. The number of carbonyl (C=O) groups excluding carboxylic acids is 2. The molecule has 2 fully saturated rings. The normalized spacial score (nSPS) is 21.9. The van der Waals surface area contributed by atoms with Gasteiger partial charge in [-0.05, 0) is 42.4 Å². The predicted molar refractivity (Wildman–Crippen MR) is 140 cm³/mol. The zero-order valence-corrected chi connectivity index (χ0v) is 21.6. The smallest absolute Gasteiger partial charge is 0.249 e. The maximum Gasteiger partial charge on any atom is 0.249 e. The van der Waals surface area contributed by atoms with Crippen molar-refractivity contribution in [2.45, 2.75) is 88.9 Å². The van der Waals surface area contributed by atoms with E-state index in [4.69, 9.17) is 16.7 Å². The molecule has 3 atom stereocenters. The lowest BCUT2D eigenvalue weighted by atomic mass is 9.87. The number of anilines is 1. The van der Waals surface area contributed by atoms with Crippen molar-refractivity contribution < 1.29 is 14.7 Å². The molecular formula is C26H44N6O3. The van der Waals surface area contributed by atoms with Crippen molar-refractivity contribution in [3.63, 3.8) is 0 Å². The molecule has 0 radical (unpaired) electrons. The molecule has 1 saturated carbocycles. The number of nitrogens with zero attached hydrogens (tertiary/aromatic N) is 1. The Morgan fingerprint density at radius 1 is 1.20 bits per heavy atom. The van der Waals surface area contributed by atoms with Crippen molar-refractivity contribution in [3.8, 4) is 0 Å². The van der Waals surface area contributed by atoms with Gasteiger partial charge in [0, 0.05) is 31.5 Å². The number of hydrogen-bond acceptors (Lipinski definition) is 8. The van der Waals surface area contributed by atoms with Gasteiger partial charge in [-0.1, -0.05) is 52.2 Å². The number of rotatable bonds is 7. The molecule has 0 aromatic heterocycles. The second-order valence-corrected chi connectivity index (χ2v) is 10.5. The molecule has 1 amide bonds. The fourth-order valence-electron chi connectivity index (χ4n) is 4.45. The molecule has 1 aliphatic carbocycles. The van der Waals surface area contributed by atoms with Crippen molar-refractivity contribution in [1.82, 2.24) is 16.1 Å². The number of hydrazine groups is 1. The number of carbonyl (C=O) groups is 2. The third-order valence-corrected chi connectivity index (χ3v) is 6.60. The van der Waals surface area contributed by atoms with Crippen LogP contribution < -0.4 is 32.5 Å². The standard InChI is InChI=1S/C21H35N5O.C5H9NO2/c1-21(2,3)15-10-12-17(13-11-15)26(4)19(18(22)14-24-23)20(27)25-16-8-6-5-7-9-16;7-3-4-1-5(8)2-6-4/h10-14,16,19,24H,5-9,22-23H2,1-4H3,(H,25,27);3-6,8H,1-2H2/b18-14-;. The summed E-state index contributed by atoms with van der Waals surface area (Å²) in [6.45, 7) is 7.10. The monoisotopic (exact) mass is 488 g/mol. The van der Waals surface area contributed by atoms with E-state index in [0.717, 1.165) is 37.7 Å². The number of likely N-dealkylation sites (N-methyl/N-ethyl adjacent to an activating group) is 1. The van der Waals surface area contributed by atoms with Crippen molar-refractivity contribution in [2.75, 3.05) is 18.5 Å². The van der Waals surface area contributed by atoms with Crippen LogP contribution in [0.3, 0.4) is 0 Å². The molecule has 35 heavy (non-hydrogen) atoms. The average molecular weight is 489 g/mol. The van der Waals surface area contributed by atoms with Gasteiger partial charge >= 0.3 is 0 Å². The van der Waals surface area contributed by atoms with E-state index in [1.165, 1.54) is 18.2 Å². The van der Waals surface area contributed by atoms with Crippen molar-refractivity contribution in [2.24, 2.45) is 11.6 Å². The summed E-state index contributed by atoms with van der Waals surface area (Å²) in [7, 11) is 1.88. The maximum absolute atomic E-state index is 13.0. The van der Waals surface area contributed by atoms with Crippen LogP contribution in [0, 0.1) is 0 Å². The minimum Gasteiger partial charge on any atom is -0.399 e. The highest BCUT2D eigenvalue weighted by molar-refractivity contribution is 5.88. The molecule has 3 unspecified atom stereocenters. The molecule has 1 aromatic rings. The van der Waals surface area contributed by atoms with Crippen LogP contribution in [-0.2, 0) is 15.0 Å². The van der Waals surface area contributed by atoms with E-state index in [1.807, 2.05) is 24.1 Å². The molecule has 9 nitrogen and oxygen atoms in total. The Bertz CT molecular complexity index is 830. The SMILES string of the molecule is CN(c1ccc(C(C)(C)C)cc1)C(C(=O)NC1CCCCC1)/C(N)=C/NN.O=CC1CC(O)CN1. The first-order valence-electron chi connectivity index (χ1n) is 12.5. The van der Waals surface area contributed by atoms with Crippen molar-refractivity contribution >= 4 is 17.9 Å². The topological polar surface area (TPSA) is 146 Å². The number of hydrogen-bond donors (Lipinski definition) is 6. The van der Waals surface area contributed by atoms with Gasteiger partial charge in [0.1, 0.15) is 12.3 Å². The maximum atomic E-state index is 13.0. The van der Waals surface area contributed by atoms with Crippen molar-refractivity contribution in [1.29, 1.82) is 0 Å². The number of benzene rings is 1. The highest BCUT2D eigenvalue weighted by Gasteiger charge is 2.29. The molecule has 196 valence electrons. The summed E-state index contributed by atoms with van der Waals surface area (Å²) in [6, 6.07) is 7.76. The second-order valence-electron chi connectivity index (χ2n) is 10.5. The fourth-order valence-corrected chi connectivity index (χ4v) is 4.45. The van der Waals surface area contributed by atoms with E-state index in [2.05, 4.69) is 49.0 Å². The van der Waals surface area contributed by atoms with Gasteiger partial charge < -0.3 is 36.6 Å². The molecule has 0 spiro atoms. The largest absolute Gasteiger partial charge is 0.399 e. The van der Waals surface area contributed by atoms with Gasteiger partial charge in [0.2, 0.25) is 5.91 Å². The first-order chi connectivity index (χ1) is 16.6. The van der Waals surface area contributed by atoms with Crippen LogP contribution in [0.25, 0.3) is 0 Å². The molecule has 1 saturated heterocycles. The summed E-state index contributed by atoms with van der Waals surface area (Å²) in [5, 5.41) is 14.8. The van der Waals surface area contributed by atoms with Gasteiger partial charge in [-0.2, -0.15) is 0 Å². The summed E-state index contributed by atoms with van der Waals surface area (Å²) in [5.74, 6) is 5.31. The number of nitrogens with one attached hydrogen (secondary N) is 3. The van der Waals surface area contributed by atoms with Gasteiger partial charge in [0.25, 0.3) is 0 Å². The highest BCUT2D eigenvalue weighted by atomic mass is 16.3. The van der Waals surface area contributed by atoms with Gasteiger partial charge in [-0.3, -0.25) is 10.6 Å². The number of aliphatic hydroxyl groups excluding tert-OH is 1. The summed E-state index contributed by atoms with van der Waals surface area (Å²) in [5.41, 5.74) is 11.3. The molecule has 3 rings (SSSR count). The van der Waals surface area contributed by atoms with E-state index >= 15 is 0 Å². The first kappa shape index (κ1) is 28.6. The lowest BCUT2D eigenvalue weighted by Gasteiger charge is -2.32. The van der Waals surface area contributed by atoms with Gasteiger partial charge in [-0.15, -0.1) is 0 Å². The zero-order valence-electron chi connectivity index (χ0n) is 21.6. The molecule has 1 heterocycles. The minimum absolute atomic E-state index is 0.0806. The van der Waals surface area contributed by atoms with Gasteiger partial charge in [0.05, 0.1) is 17.8 Å². The van der Waals surface area contributed by atoms with E-state index in [-0.39, 0.29) is 29.5 Å². The van der Waals surface area contributed by atoms with E-state index < -0.39 is 6.04 Å². The lowest BCUT2D eigenvalue weighted by molar-refractivity contribution is -0.122. The summed E-state index contributed by atoms with van der Waals surface area (Å²) < 4.78 is 0. The molecule has 1 aromatic carbocycles. The third kappa shape index (κ3) is 8.83. The zero-order chi connectivity index (χ0) is 26.0. The molecule has 2 aliphatic rings. The van der Waals surface area contributed by atoms with Crippen LogP contribution in [0.15, 0.2) is 36.2 Å². The van der Waals surface area contributed by atoms with E-state index in [9.17, 15) is 9.59 Å². The first-order valence-corrected chi connectivity index (χ1v) is 12.5. The lowest BCUT2D eigenvalue weighted by Crippen LogP contribution is -2.51. The Hall–Kier alpha value is -2.62. The predicted octanol–water partition coefficient (Wildman–Crippen LogP) is 1.41. The molecule has 8 N–H and O–H groups in total.